The van der Waals surface area contributed by atoms with Crippen molar-refractivity contribution in [2.45, 2.75) is 37.9 Å². The summed E-state index contributed by atoms with van der Waals surface area (Å²) in [5.74, 6) is -0.845. The number of fused-ring (bicyclic) bond motifs is 1. The van der Waals surface area contributed by atoms with Crippen molar-refractivity contribution in [2.75, 3.05) is 17.7 Å². The van der Waals surface area contributed by atoms with Gasteiger partial charge in [-0.3, -0.25) is 10.2 Å². The second-order valence-corrected chi connectivity index (χ2v) is 10.8. The monoisotopic (exact) mass is 455 g/mol. The predicted octanol–water partition coefficient (Wildman–Crippen LogP) is 2.51. The summed E-state index contributed by atoms with van der Waals surface area (Å²) in [6.07, 6.45) is 1.81. The van der Waals surface area contributed by atoms with Gasteiger partial charge in [0.1, 0.15) is 28.1 Å². The van der Waals surface area contributed by atoms with Crippen LogP contribution in [0.5, 0.6) is 5.75 Å². The number of amides is 1. The summed E-state index contributed by atoms with van der Waals surface area (Å²) in [4.78, 5) is 16.8. The molecule has 0 saturated heterocycles. The molecule has 2 aromatic rings. The summed E-state index contributed by atoms with van der Waals surface area (Å²) in [5.41, 5.74) is 7.79. The third kappa shape index (κ3) is 4.43. The molecule has 2 heterocycles. The molecule has 0 fully saturated rings. The van der Waals surface area contributed by atoms with Crippen LogP contribution in [0.15, 0.2) is 30.5 Å². The van der Waals surface area contributed by atoms with Gasteiger partial charge in [0.25, 0.3) is 5.91 Å². The molecule has 0 bridgehead atoms. The Kier molecular flexibility index (Phi) is 6.23. The van der Waals surface area contributed by atoms with E-state index in [1.807, 2.05) is 6.07 Å². The van der Waals surface area contributed by atoms with Crippen molar-refractivity contribution in [2.24, 2.45) is 5.73 Å². The fourth-order valence-electron chi connectivity index (χ4n) is 3.42. The first-order valence-electron chi connectivity index (χ1n) is 9.98. The lowest BCUT2D eigenvalue weighted by atomic mass is 9.94. The molecule has 0 radical (unpaired) electrons. The molecule has 1 aliphatic heterocycles. The number of anilines is 1. The lowest BCUT2D eigenvalue weighted by Gasteiger charge is -2.30. The maximum atomic E-state index is 12.9. The molecule has 0 saturated carbocycles. The molecule has 4 N–H and O–H groups in total. The topological polar surface area (TPSA) is 159 Å². The van der Waals surface area contributed by atoms with Gasteiger partial charge in [-0.15, -0.1) is 0 Å². The number of amidine groups is 1. The summed E-state index contributed by atoms with van der Waals surface area (Å²) in [7, 11) is -3.72. The molecule has 1 amide bonds. The van der Waals surface area contributed by atoms with Crippen LogP contribution >= 0.6 is 0 Å². The molecule has 10 heteroatoms. The SMILES string of the molecule is Cc1cc(C#N)cnc1C(=O)Nc1ccc2c(c1)C(CS(=O)(=O)C(C)(C)C(=N)N)CCO2. The van der Waals surface area contributed by atoms with Crippen LogP contribution in [0.2, 0.25) is 0 Å². The summed E-state index contributed by atoms with van der Waals surface area (Å²) >= 11 is 0. The van der Waals surface area contributed by atoms with Gasteiger partial charge in [0.05, 0.1) is 17.9 Å². The zero-order valence-electron chi connectivity index (χ0n) is 18.1. The van der Waals surface area contributed by atoms with Crippen molar-refractivity contribution >= 4 is 27.3 Å². The van der Waals surface area contributed by atoms with Crippen LogP contribution in [0, 0.1) is 23.7 Å². The summed E-state index contributed by atoms with van der Waals surface area (Å²) in [6.45, 7) is 4.91. The Bertz CT molecular complexity index is 1230. The zero-order chi connectivity index (χ0) is 23.7. The number of hydrogen-bond acceptors (Lipinski definition) is 7. The minimum absolute atomic E-state index is 0.191. The van der Waals surface area contributed by atoms with Gasteiger partial charge in [-0.05, 0) is 57.0 Å². The van der Waals surface area contributed by atoms with Crippen molar-refractivity contribution in [3.8, 4) is 11.8 Å². The van der Waals surface area contributed by atoms with Crippen LogP contribution in [0.25, 0.3) is 0 Å². The van der Waals surface area contributed by atoms with E-state index >= 15 is 0 Å². The second-order valence-electron chi connectivity index (χ2n) is 8.25. The first kappa shape index (κ1) is 23.2. The molecule has 1 aliphatic rings. The smallest absolute Gasteiger partial charge is 0.274 e. The number of benzene rings is 1. The van der Waals surface area contributed by atoms with Crippen LogP contribution in [0.3, 0.4) is 0 Å². The number of nitriles is 1. The van der Waals surface area contributed by atoms with Crippen LogP contribution < -0.4 is 15.8 Å². The molecular formula is C22H25N5O4S. The highest BCUT2D eigenvalue weighted by Crippen LogP contribution is 2.38. The number of nitrogens with two attached hydrogens (primary N) is 1. The summed E-state index contributed by atoms with van der Waals surface area (Å²) in [6, 6.07) is 8.63. The first-order valence-corrected chi connectivity index (χ1v) is 11.6. The fraction of sp³-hybridized carbons (Fsp3) is 0.364. The number of sulfone groups is 1. The second kappa shape index (κ2) is 8.59. The number of nitrogens with one attached hydrogen (secondary N) is 2. The highest BCUT2D eigenvalue weighted by Gasteiger charge is 2.40. The van der Waals surface area contributed by atoms with Gasteiger partial charge in [-0.25, -0.2) is 13.4 Å². The van der Waals surface area contributed by atoms with E-state index in [1.165, 1.54) is 20.0 Å². The van der Waals surface area contributed by atoms with Crippen LogP contribution in [-0.4, -0.2) is 42.3 Å². The Labute approximate surface area is 187 Å². The fourth-order valence-corrected chi connectivity index (χ4v) is 5.05. The number of hydrogen-bond donors (Lipinski definition) is 3. The number of aryl methyl sites for hydroxylation is 1. The molecule has 0 spiro atoms. The van der Waals surface area contributed by atoms with Gasteiger partial charge in [0.2, 0.25) is 0 Å². The van der Waals surface area contributed by atoms with E-state index in [0.717, 1.165) is 0 Å². The number of carbonyl (C=O) groups excluding carboxylic acids is 1. The van der Waals surface area contributed by atoms with E-state index in [-0.39, 0.29) is 17.4 Å². The zero-order valence-corrected chi connectivity index (χ0v) is 18.9. The molecule has 168 valence electrons. The van der Waals surface area contributed by atoms with Crippen molar-refractivity contribution < 1.29 is 17.9 Å². The predicted molar refractivity (Wildman–Crippen MR) is 121 cm³/mol. The Morgan fingerprint density at radius 1 is 1.41 bits per heavy atom. The number of rotatable bonds is 6. The molecule has 1 aromatic heterocycles. The van der Waals surface area contributed by atoms with Gasteiger partial charge < -0.3 is 15.8 Å². The van der Waals surface area contributed by atoms with Gasteiger partial charge in [-0.1, -0.05) is 0 Å². The lowest BCUT2D eigenvalue weighted by Crippen LogP contribution is -2.47. The maximum Gasteiger partial charge on any atom is 0.274 e. The third-order valence-electron chi connectivity index (χ3n) is 5.70. The van der Waals surface area contributed by atoms with E-state index in [0.29, 0.717) is 41.2 Å². The average Bonchev–Trinajstić information content (AvgIpc) is 2.73. The number of pyridine rings is 1. The van der Waals surface area contributed by atoms with Gasteiger partial charge in [-0.2, -0.15) is 5.26 Å². The minimum atomic E-state index is -3.72. The summed E-state index contributed by atoms with van der Waals surface area (Å²) < 4.78 is 30.1. The van der Waals surface area contributed by atoms with Crippen LogP contribution in [0.1, 0.15) is 53.4 Å². The molecule has 3 rings (SSSR count). The standard InChI is InChI=1S/C22H25N5O4S/c1-13-8-14(10-23)11-26-19(13)20(28)27-16-4-5-18-17(9-16)15(6-7-31-18)12-32(29,30)22(2,3)21(24)25/h4-5,8-9,11,15H,6-7,12H2,1-3H3,(H3,24,25)(H,27,28). The van der Waals surface area contributed by atoms with Crippen molar-refractivity contribution in [3.63, 3.8) is 0 Å². The average molecular weight is 456 g/mol. The normalized spacial score (nSPS) is 15.8. The van der Waals surface area contributed by atoms with E-state index in [4.69, 9.17) is 21.1 Å². The number of aromatic nitrogens is 1. The maximum absolute atomic E-state index is 12.9. The highest BCUT2D eigenvalue weighted by atomic mass is 32.2. The first-order chi connectivity index (χ1) is 15.0. The molecule has 9 nitrogen and oxygen atoms in total. The van der Waals surface area contributed by atoms with E-state index < -0.39 is 26.3 Å². The Hall–Kier alpha value is -3.45. The largest absolute Gasteiger partial charge is 0.493 e. The highest BCUT2D eigenvalue weighted by molar-refractivity contribution is 7.93. The molecule has 1 aromatic carbocycles. The van der Waals surface area contributed by atoms with Crippen molar-refractivity contribution in [1.29, 1.82) is 10.7 Å². The van der Waals surface area contributed by atoms with Gasteiger partial charge in [0, 0.05) is 23.4 Å². The van der Waals surface area contributed by atoms with E-state index in [2.05, 4.69) is 10.3 Å². The molecule has 0 aliphatic carbocycles. The molecule has 32 heavy (non-hydrogen) atoms. The summed E-state index contributed by atoms with van der Waals surface area (Å²) in [5, 5.41) is 19.4. The number of ether oxygens (including phenoxy) is 1. The Morgan fingerprint density at radius 3 is 2.75 bits per heavy atom. The van der Waals surface area contributed by atoms with Crippen LogP contribution in [0.4, 0.5) is 5.69 Å². The van der Waals surface area contributed by atoms with Crippen LogP contribution in [-0.2, 0) is 9.84 Å². The quantitative estimate of drug-likeness (QED) is 0.446. The molecule has 1 atom stereocenters. The lowest BCUT2D eigenvalue weighted by molar-refractivity contribution is 0.102. The molecule has 1 unspecified atom stereocenters. The van der Waals surface area contributed by atoms with E-state index in [1.54, 1.807) is 31.2 Å². The van der Waals surface area contributed by atoms with Crippen molar-refractivity contribution in [3.05, 3.63) is 52.8 Å². The third-order valence-corrected chi connectivity index (χ3v) is 8.32. The molecular weight excluding hydrogens is 430 g/mol. The Balaban J connectivity index is 1.87. The number of carbonyl (C=O) groups is 1. The Morgan fingerprint density at radius 2 is 2.12 bits per heavy atom. The number of nitrogens with zero attached hydrogens (tertiary/aromatic N) is 2. The minimum Gasteiger partial charge on any atom is -0.493 e. The van der Waals surface area contributed by atoms with Gasteiger partial charge >= 0.3 is 0 Å². The van der Waals surface area contributed by atoms with Gasteiger partial charge in [0.15, 0.2) is 9.84 Å². The van der Waals surface area contributed by atoms with E-state index in [9.17, 15) is 13.2 Å². The van der Waals surface area contributed by atoms with Crippen molar-refractivity contribution in [1.82, 2.24) is 4.98 Å².